The first-order chi connectivity index (χ1) is 12.0. The molecule has 3 rings (SSSR count). The topological polar surface area (TPSA) is 75.4 Å². The van der Waals surface area contributed by atoms with Crippen molar-refractivity contribution in [1.29, 1.82) is 0 Å². The van der Waals surface area contributed by atoms with Crippen LogP contribution in [-0.4, -0.2) is 29.8 Å². The smallest absolute Gasteiger partial charge is 0.254 e. The van der Waals surface area contributed by atoms with E-state index < -0.39 is 0 Å². The first kappa shape index (κ1) is 20.4. The van der Waals surface area contributed by atoms with Gasteiger partial charge in [-0.25, -0.2) is 0 Å². The number of hydrogen-bond acceptors (Lipinski definition) is 4. The van der Waals surface area contributed by atoms with Gasteiger partial charge in [0, 0.05) is 41.7 Å². The number of benzene rings is 1. The molecule has 2 aromatic rings. The van der Waals surface area contributed by atoms with E-state index in [-0.39, 0.29) is 30.1 Å². The van der Waals surface area contributed by atoms with Crippen LogP contribution in [0.3, 0.4) is 0 Å². The summed E-state index contributed by atoms with van der Waals surface area (Å²) in [7, 11) is 0. The van der Waals surface area contributed by atoms with Gasteiger partial charge in [0.15, 0.2) is 0 Å². The summed E-state index contributed by atoms with van der Waals surface area (Å²) >= 11 is 1.76. The summed E-state index contributed by atoms with van der Waals surface area (Å²) in [5.41, 5.74) is 8.89. The van der Waals surface area contributed by atoms with Gasteiger partial charge in [0.25, 0.3) is 5.91 Å². The number of nitrogens with one attached hydrogen (secondary N) is 1. The van der Waals surface area contributed by atoms with Crippen LogP contribution in [0.4, 0.5) is 5.69 Å². The second-order valence-corrected chi connectivity index (χ2v) is 7.45. The van der Waals surface area contributed by atoms with Crippen LogP contribution in [0.15, 0.2) is 29.6 Å². The number of carbonyl (C=O) groups is 2. The Labute approximate surface area is 164 Å². The van der Waals surface area contributed by atoms with Gasteiger partial charge in [-0.3, -0.25) is 9.59 Å². The molecule has 0 saturated carbocycles. The van der Waals surface area contributed by atoms with E-state index in [2.05, 4.69) is 16.8 Å². The number of thiophene rings is 1. The van der Waals surface area contributed by atoms with Crippen LogP contribution in [0.2, 0.25) is 0 Å². The molecular weight excluding hydrogens is 370 g/mol. The Morgan fingerprint density at radius 3 is 2.85 bits per heavy atom. The number of halogens is 1. The van der Waals surface area contributed by atoms with Crippen molar-refractivity contribution in [2.75, 3.05) is 18.4 Å². The standard InChI is InChI=1S/C19H23N3O2S.ClH/c1-12(10-20)18(23)21-16-5-3-4-15(13(16)2)19(24)22-8-6-17-14(11-22)7-9-25-17;/h3-5,7,9,12H,6,8,10-11,20H2,1-2H3,(H,21,23);1H. The van der Waals surface area contributed by atoms with Crippen LogP contribution in [0.5, 0.6) is 0 Å². The fourth-order valence-electron chi connectivity index (χ4n) is 2.96. The number of amides is 2. The Bertz CT molecular complexity index is 806. The Balaban J connectivity index is 0.00000243. The molecule has 1 aromatic heterocycles. The van der Waals surface area contributed by atoms with Gasteiger partial charge < -0.3 is 16.0 Å². The summed E-state index contributed by atoms with van der Waals surface area (Å²) in [5, 5.41) is 4.96. The van der Waals surface area contributed by atoms with Gasteiger partial charge in [0.1, 0.15) is 0 Å². The van der Waals surface area contributed by atoms with E-state index in [1.165, 1.54) is 10.4 Å². The van der Waals surface area contributed by atoms with Crippen LogP contribution < -0.4 is 11.1 Å². The van der Waals surface area contributed by atoms with Crippen molar-refractivity contribution in [3.63, 3.8) is 0 Å². The molecule has 0 radical (unpaired) electrons. The van der Waals surface area contributed by atoms with Crippen molar-refractivity contribution in [1.82, 2.24) is 4.90 Å². The lowest BCUT2D eigenvalue weighted by atomic mass is 10.0. The lowest BCUT2D eigenvalue weighted by molar-refractivity contribution is -0.119. The van der Waals surface area contributed by atoms with Gasteiger partial charge in [0.05, 0.1) is 0 Å². The Hall–Kier alpha value is -1.89. The first-order valence-corrected chi connectivity index (χ1v) is 9.34. The molecule has 1 unspecified atom stereocenters. The number of nitrogens with zero attached hydrogens (tertiary/aromatic N) is 1. The van der Waals surface area contributed by atoms with E-state index in [9.17, 15) is 9.59 Å². The third-order valence-corrected chi connectivity index (χ3v) is 5.74. The Morgan fingerprint density at radius 1 is 1.35 bits per heavy atom. The van der Waals surface area contributed by atoms with Gasteiger partial charge in [-0.2, -0.15) is 0 Å². The van der Waals surface area contributed by atoms with Crippen molar-refractivity contribution in [3.05, 3.63) is 51.2 Å². The zero-order valence-corrected chi connectivity index (χ0v) is 16.6. The number of fused-ring (bicyclic) bond motifs is 1. The largest absolute Gasteiger partial charge is 0.334 e. The zero-order chi connectivity index (χ0) is 18.0. The van der Waals surface area contributed by atoms with Crippen LogP contribution in [0, 0.1) is 12.8 Å². The third-order valence-electron chi connectivity index (χ3n) is 4.72. The van der Waals surface area contributed by atoms with Crippen molar-refractivity contribution < 1.29 is 9.59 Å². The highest BCUT2D eigenvalue weighted by molar-refractivity contribution is 7.10. The van der Waals surface area contributed by atoms with Crippen molar-refractivity contribution in [2.24, 2.45) is 11.7 Å². The maximum atomic E-state index is 13.0. The fraction of sp³-hybridized carbons (Fsp3) is 0.368. The molecule has 1 aliphatic heterocycles. The highest BCUT2D eigenvalue weighted by Crippen LogP contribution is 2.27. The second-order valence-electron chi connectivity index (χ2n) is 6.45. The van der Waals surface area contributed by atoms with Crippen molar-refractivity contribution in [3.8, 4) is 0 Å². The van der Waals surface area contributed by atoms with E-state index in [0.29, 0.717) is 24.3 Å². The minimum Gasteiger partial charge on any atom is -0.334 e. The van der Waals surface area contributed by atoms with Crippen molar-refractivity contribution >= 4 is 41.2 Å². The molecule has 0 saturated heterocycles. The Morgan fingerprint density at radius 2 is 2.12 bits per heavy atom. The molecule has 0 spiro atoms. The van der Waals surface area contributed by atoms with Crippen LogP contribution >= 0.6 is 23.7 Å². The zero-order valence-electron chi connectivity index (χ0n) is 15.0. The lowest BCUT2D eigenvalue weighted by Crippen LogP contribution is -2.35. The molecule has 26 heavy (non-hydrogen) atoms. The molecule has 1 aromatic carbocycles. The van der Waals surface area contributed by atoms with E-state index >= 15 is 0 Å². The average molecular weight is 394 g/mol. The monoisotopic (exact) mass is 393 g/mol. The average Bonchev–Trinajstić information content (AvgIpc) is 3.09. The molecule has 0 aliphatic carbocycles. The summed E-state index contributed by atoms with van der Waals surface area (Å²) < 4.78 is 0. The highest BCUT2D eigenvalue weighted by atomic mass is 35.5. The SMILES string of the molecule is Cc1c(NC(=O)C(C)CN)cccc1C(=O)N1CCc2sccc2C1.Cl. The molecule has 7 heteroatoms. The number of rotatable bonds is 4. The quantitative estimate of drug-likeness (QED) is 0.837. The fourth-order valence-corrected chi connectivity index (χ4v) is 3.85. The summed E-state index contributed by atoms with van der Waals surface area (Å²) in [6.07, 6.45) is 0.905. The number of nitrogens with two attached hydrogens (primary N) is 1. The summed E-state index contributed by atoms with van der Waals surface area (Å²) in [6, 6.07) is 7.54. The molecule has 1 aliphatic rings. The first-order valence-electron chi connectivity index (χ1n) is 8.46. The number of hydrogen-bond donors (Lipinski definition) is 2. The van der Waals surface area contributed by atoms with Gasteiger partial charge in [0.2, 0.25) is 5.91 Å². The lowest BCUT2D eigenvalue weighted by Gasteiger charge is -2.28. The Kier molecular flexibility index (Phi) is 6.81. The van der Waals surface area contributed by atoms with Crippen LogP contribution in [-0.2, 0) is 17.8 Å². The summed E-state index contributed by atoms with van der Waals surface area (Å²) in [4.78, 5) is 28.3. The van der Waals surface area contributed by atoms with E-state index in [1.807, 2.05) is 30.0 Å². The van der Waals surface area contributed by atoms with Crippen LogP contribution in [0.25, 0.3) is 0 Å². The normalized spacial score (nSPS) is 14.2. The van der Waals surface area contributed by atoms with Gasteiger partial charge >= 0.3 is 0 Å². The predicted octanol–water partition coefficient (Wildman–Crippen LogP) is 3.21. The molecule has 140 valence electrons. The third kappa shape index (κ3) is 4.09. The van der Waals surface area contributed by atoms with E-state index in [0.717, 1.165) is 18.5 Å². The molecule has 0 bridgehead atoms. The molecule has 1 atom stereocenters. The van der Waals surface area contributed by atoms with Gasteiger partial charge in [-0.15, -0.1) is 23.7 Å². The second kappa shape index (κ2) is 8.66. The highest BCUT2D eigenvalue weighted by Gasteiger charge is 2.24. The predicted molar refractivity (Wildman–Crippen MR) is 108 cm³/mol. The van der Waals surface area contributed by atoms with Gasteiger partial charge in [-0.05, 0) is 48.1 Å². The molecular formula is C19H24ClN3O2S. The minimum absolute atomic E-state index is 0. The molecule has 0 fully saturated rings. The van der Waals surface area contributed by atoms with Crippen LogP contribution in [0.1, 0.15) is 33.3 Å². The maximum absolute atomic E-state index is 13.0. The molecule has 2 heterocycles. The number of anilines is 1. The van der Waals surface area contributed by atoms with Gasteiger partial charge in [-0.1, -0.05) is 13.0 Å². The van der Waals surface area contributed by atoms with Crippen molar-refractivity contribution in [2.45, 2.75) is 26.8 Å². The van der Waals surface area contributed by atoms with E-state index in [4.69, 9.17) is 5.73 Å². The number of carbonyl (C=O) groups excluding carboxylic acids is 2. The molecule has 2 amide bonds. The minimum atomic E-state index is -0.266. The molecule has 5 nitrogen and oxygen atoms in total. The summed E-state index contributed by atoms with van der Waals surface area (Å²) in [5.74, 6) is -0.383. The summed E-state index contributed by atoms with van der Waals surface area (Å²) in [6.45, 7) is 5.33. The van der Waals surface area contributed by atoms with E-state index in [1.54, 1.807) is 18.3 Å². The maximum Gasteiger partial charge on any atom is 0.254 e. The molecule has 3 N–H and O–H groups in total.